The van der Waals surface area contributed by atoms with Crippen LogP contribution in [0.2, 0.25) is 0 Å². The fourth-order valence-corrected chi connectivity index (χ4v) is 2.64. The van der Waals surface area contributed by atoms with Gasteiger partial charge in [-0.2, -0.15) is 0 Å². The number of nitrogens with zero attached hydrogens (tertiary/aromatic N) is 1. The quantitative estimate of drug-likeness (QED) is 0.632. The Morgan fingerprint density at radius 3 is 2.00 bits per heavy atom. The van der Waals surface area contributed by atoms with E-state index in [4.69, 9.17) is 4.74 Å². The Bertz CT molecular complexity index is 610. The van der Waals surface area contributed by atoms with Crippen LogP contribution in [0.15, 0.2) is 24.3 Å². The highest BCUT2D eigenvalue weighted by atomic mass is 16.6. The second-order valence-corrected chi connectivity index (χ2v) is 6.89. The van der Waals surface area contributed by atoms with Crippen molar-refractivity contribution < 1.29 is 19.1 Å². The third kappa shape index (κ3) is 3.28. The van der Waals surface area contributed by atoms with E-state index >= 15 is 0 Å². The SMILES string of the molecule is CCC(C)C(C(=O)OC(C)(C)C)N1C(=O)c2ccccc2C1=O. The zero-order valence-corrected chi connectivity index (χ0v) is 14.3. The Labute approximate surface area is 136 Å². The normalized spacial score (nSPS) is 17.0. The number of ether oxygens (including phenoxy) is 1. The summed E-state index contributed by atoms with van der Waals surface area (Å²) in [6.07, 6.45) is 0.650. The van der Waals surface area contributed by atoms with E-state index in [-0.39, 0.29) is 5.92 Å². The predicted octanol–water partition coefficient (Wildman–Crippen LogP) is 3.04. The predicted molar refractivity (Wildman–Crippen MR) is 86.0 cm³/mol. The molecule has 0 aliphatic carbocycles. The van der Waals surface area contributed by atoms with Gasteiger partial charge in [0.1, 0.15) is 11.6 Å². The van der Waals surface area contributed by atoms with Crippen molar-refractivity contribution in [2.24, 2.45) is 5.92 Å². The maximum atomic E-state index is 12.6. The maximum Gasteiger partial charge on any atom is 0.330 e. The first kappa shape index (κ1) is 17.2. The number of carbonyl (C=O) groups is 3. The van der Waals surface area contributed by atoms with Gasteiger partial charge in [0.25, 0.3) is 11.8 Å². The molecule has 124 valence electrons. The maximum absolute atomic E-state index is 12.6. The van der Waals surface area contributed by atoms with E-state index in [1.54, 1.807) is 45.0 Å². The van der Waals surface area contributed by atoms with Crippen molar-refractivity contribution >= 4 is 17.8 Å². The van der Waals surface area contributed by atoms with Crippen LogP contribution < -0.4 is 0 Å². The molecular formula is C18H23NO4. The molecule has 1 aromatic carbocycles. The lowest BCUT2D eigenvalue weighted by Gasteiger charge is -2.31. The molecule has 5 nitrogen and oxygen atoms in total. The summed E-state index contributed by atoms with van der Waals surface area (Å²) in [5.74, 6) is -1.59. The molecule has 5 heteroatoms. The zero-order valence-electron chi connectivity index (χ0n) is 14.3. The molecule has 1 aliphatic heterocycles. The first-order valence-electron chi connectivity index (χ1n) is 7.87. The van der Waals surface area contributed by atoms with E-state index in [0.717, 1.165) is 4.90 Å². The summed E-state index contributed by atoms with van der Waals surface area (Å²) in [7, 11) is 0. The number of imide groups is 1. The van der Waals surface area contributed by atoms with Gasteiger partial charge in [-0.1, -0.05) is 32.4 Å². The van der Waals surface area contributed by atoms with Gasteiger partial charge in [-0.3, -0.25) is 14.5 Å². The summed E-state index contributed by atoms with van der Waals surface area (Å²) >= 11 is 0. The number of hydrogen-bond donors (Lipinski definition) is 0. The number of carbonyl (C=O) groups excluding carboxylic acids is 3. The lowest BCUT2D eigenvalue weighted by Crippen LogP contribution is -2.50. The van der Waals surface area contributed by atoms with Gasteiger partial charge in [0.2, 0.25) is 0 Å². The summed E-state index contributed by atoms with van der Waals surface area (Å²) in [5, 5.41) is 0. The van der Waals surface area contributed by atoms with Crippen LogP contribution in [-0.4, -0.2) is 34.3 Å². The lowest BCUT2D eigenvalue weighted by atomic mass is 9.97. The van der Waals surface area contributed by atoms with E-state index in [2.05, 4.69) is 0 Å². The van der Waals surface area contributed by atoms with Gasteiger partial charge in [0, 0.05) is 0 Å². The van der Waals surface area contributed by atoms with Crippen LogP contribution >= 0.6 is 0 Å². The third-order valence-electron chi connectivity index (χ3n) is 3.93. The smallest absolute Gasteiger partial charge is 0.330 e. The Hall–Kier alpha value is -2.17. The number of hydrogen-bond acceptors (Lipinski definition) is 4. The van der Waals surface area contributed by atoms with Gasteiger partial charge in [-0.25, -0.2) is 4.79 Å². The molecule has 0 bridgehead atoms. The minimum atomic E-state index is -0.911. The van der Waals surface area contributed by atoms with Crippen molar-refractivity contribution in [2.45, 2.75) is 52.7 Å². The molecule has 2 unspecified atom stereocenters. The number of amides is 2. The fourth-order valence-electron chi connectivity index (χ4n) is 2.64. The Balaban J connectivity index is 2.40. The van der Waals surface area contributed by atoms with E-state index in [0.29, 0.717) is 17.5 Å². The summed E-state index contributed by atoms with van der Waals surface area (Å²) in [6, 6.07) is 5.72. The van der Waals surface area contributed by atoms with Crippen LogP contribution in [0.1, 0.15) is 61.8 Å². The highest BCUT2D eigenvalue weighted by Gasteiger charge is 2.45. The molecule has 0 radical (unpaired) electrons. The van der Waals surface area contributed by atoms with Crippen molar-refractivity contribution in [2.75, 3.05) is 0 Å². The summed E-state index contributed by atoms with van der Waals surface area (Å²) in [5.41, 5.74) is 0.00490. The molecule has 1 heterocycles. The first-order valence-corrected chi connectivity index (χ1v) is 7.87. The van der Waals surface area contributed by atoms with Gasteiger partial charge in [0.05, 0.1) is 11.1 Å². The molecule has 2 amide bonds. The average molecular weight is 317 g/mol. The number of esters is 1. The molecule has 0 saturated carbocycles. The van der Waals surface area contributed by atoms with E-state index in [9.17, 15) is 14.4 Å². The summed E-state index contributed by atoms with van der Waals surface area (Å²) in [6.45, 7) is 9.06. The number of rotatable bonds is 4. The zero-order chi connectivity index (χ0) is 17.4. The molecular weight excluding hydrogens is 294 g/mol. The van der Waals surface area contributed by atoms with Gasteiger partial charge in [-0.05, 0) is 38.8 Å². The minimum Gasteiger partial charge on any atom is -0.458 e. The molecule has 1 aromatic rings. The standard InChI is InChI=1S/C18H23NO4/c1-6-11(2)14(17(22)23-18(3,4)5)19-15(20)12-9-7-8-10-13(12)16(19)21/h7-11,14H,6H2,1-5H3. The van der Waals surface area contributed by atoms with Crippen molar-refractivity contribution in [1.82, 2.24) is 4.90 Å². The van der Waals surface area contributed by atoms with Gasteiger partial charge < -0.3 is 4.74 Å². The van der Waals surface area contributed by atoms with Crippen LogP contribution in [0.4, 0.5) is 0 Å². The highest BCUT2D eigenvalue weighted by molar-refractivity contribution is 6.22. The Kier molecular flexibility index (Phi) is 4.59. The van der Waals surface area contributed by atoms with Gasteiger partial charge in [0.15, 0.2) is 0 Å². The van der Waals surface area contributed by atoms with Gasteiger partial charge in [-0.15, -0.1) is 0 Å². The van der Waals surface area contributed by atoms with Crippen LogP contribution in [0, 0.1) is 5.92 Å². The van der Waals surface area contributed by atoms with Crippen LogP contribution in [0.25, 0.3) is 0 Å². The van der Waals surface area contributed by atoms with Gasteiger partial charge >= 0.3 is 5.97 Å². The van der Waals surface area contributed by atoms with Crippen LogP contribution in [0.5, 0.6) is 0 Å². The van der Waals surface area contributed by atoms with E-state index in [1.165, 1.54) is 0 Å². The first-order chi connectivity index (χ1) is 10.7. The topological polar surface area (TPSA) is 63.7 Å². The van der Waals surface area contributed by atoms with Crippen LogP contribution in [0.3, 0.4) is 0 Å². The second kappa shape index (κ2) is 6.14. The van der Waals surface area contributed by atoms with Crippen molar-refractivity contribution in [1.29, 1.82) is 0 Å². The fraction of sp³-hybridized carbons (Fsp3) is 0.500. The number of benzene rings is 1. The number of fused-ring (bicyclic) bond motifs is 1. The molecule has 1 aliphatic rings. The molecule has 0 spiro atoms. The van der Waals surface area contributed by atoms with Crippen molar-refractivity contribution in [3.8, 4) is 0 Å². The third-order valence-corrected chi connectivity index (χ3v) is 3.93. The van der Waals surface area contributed by atoms with Crippen molar-refractivity contribution in [3.63, 3.8) is 0 Å². The molecule has 0 saturated heterocycles. The molecule has 0 aromatic heterocycles. The van der Waals surface area contributed by atoms with E-state index in [1.807, 2.05) is 13.8 Å². The highest BCUT2D eigenvalue weighted by Crippen LogP contribution is 2.29. The second-order valence-electron chi connectivity index (χ2n) is 6.89. The molecule has 2 atom stereocenters. The summed E-state index contributed by atoms with van der Waals surface area (Å²) < 4.78 is 5.45. The monoisotopic (exact) mass is 317 g/mol. The van der Waals surface area contributed by atoms with Crippen molar-refractivity contribution in [3.05, 3.63) is 35.4 Å². The Morgan fingerprint density at radius 1 is 1.13 bits per heavy atom. The lowest BCUT2D eigenvalue weighted by molar-refractivity contribution is -0.161. The summed E-state index contributed by atoms with van der Waals surface area (Å²) in [4.78, 5) is 39.0. The average Bonchev–Trinajstić information content (AvgIpc) is 2.71. The Morgan fingerprint density at radius 2 is 1.61 bits per heavy atom. The minimum absolute atomic E-state index is 0.188. The molecule has 2 rings (SSSR count). The largest absolute Gasteiger partial charge is 0.458 e. The van der Waals surface area contributed by atoms with E-state index < -0.39 is 29.4 Å². The molecule has 23 heavy (non-hydrogen) atoms. The van der Waals surface area contributed by atoms with Crippen LogP contribution in [-0.2, 0) is 9.53 Å². The molecule has 0 fully saturated rings. The molecule has 0 N–H and O–H groups in total.